The van der Waals surface area contributed by atoms with Crippen molar-refractivity contribution < 1.29 is 19.1 Å². The van der Waals surface area contributed by atoms with Gasteiger partial charge in [-0.15, -0.1) is 0 Å². The van der Waals surface area contributed by atoms with Gasteiger partial charge >= 0.3 is 0 Å². The SMILES string of the molecule is CN(C)C(=O)[C@H]1CN(C(=O)c2cccc(Oc3ccccc3)c2)c2ccccc2O1. The number of fused-ring (bicyclic) bond motifs is 1. The minimum atomic E-state index is -0.761. The first-order valence-corrected chi connectivity index (χ1v) is 9.64. The summed E-state index contributed by atoms with van der Waals surface area (Å²) in [5.41, 5.74) is 1.11. The highest BCUT2D eigenvalue weighted by molar-refractivity contribution is 6.08. The first kappa shape index (κ1) is 19.5. The summed E-state index contributed by atoms with van der Waals surface area (Å²) in [7, 11) is 3.34. The first-order chi connectivity index (χ1) is 14.5. The molecule has 1 heterocycles. The van der Waals surface area contributed by atoms with Gasteiger partial charge in [-0.05, 0) is 42.5 Å². The summed E-state index contributed by atoms with van der Waals surface area (Å²) in [6.07, 6.45) is -0.761. The molecule has 0 fully saturated rings. The number of likely N-dealkylation sites (N-methyl/N-ethyl adjacent to an activating group) is 1. The van der Waals surface area contributed by atoms with Crippen molar-refractivity contribution in [2.45, 2.75) is 6.10 Å². The van der Waals surface area contributed by atoms with E-state index in [2.05, 4.69) is 0 Å². The minimum absolute atomic E-state index is 0.136. The van der Waals surface area contributed by atoms with E-state index in [4.69, 9.17) is 9.47 Å². The van der Waals surface area contributed by atoms with E-state index >= 15 is 0 Å². The zero-order chi connectivity index (χ0) is 21.1. The number of carbonyl (C=O) groups is 2. The molecular weight excluding hydrogens is 380 g/mol. The molecule has 0 bridgehead atoms. The highest BCUT2D eigenvalue weighted by Crippen LogP contribution is 2.35. The molecule has 4 rings (SSSR count). The molecule has 2 amide bonds. The fraction of sp³-hybridized carbons (Fsp3) is 0.167. The van der Waals surface area contributed by atoms with Crippen LogP contribution < -0.4 is 14.4 Å². The number of hydrogen-bond donors (Lipinski definition) is 0. The van der Waals surface area contributed by atoms with Crippen LogP contribution in [0.5, 0.6) is 17.2 Å². The van der Waals surface area contributed by atoms with E-state index in [9.17, 15) is 9.59 Å². The van der Waals surface area contributed by atoms with E-state index in [0.717, 1.165) is 0 Å². The molecular formula is C24H22N2O4. The maximum absolute atomic E-state index is 13.4. The second-order valence-corrected chi connectivity index (χ2v) is 7.17. The van der Waals surface area contributed by atoms with Crippen LogP contribution in [-0.4, -0.2) is 43.5 Å². The number of rotatable bonds is 4. The Hall–Kier alpha value is -3.80. The predicted octanol–water partition coefficient (Wildman–Crippen LogP) is 3.97. The Morgan fingerprint density at radius 3 is 2.40 bits per heavy atom. The monoisotopic (exact) mass is 402 g/mol. The molecule has 0 unspecified atom stereocenters. The Labute approximate surface area is 175 Å². The largest absolute Gasteiger partial charge is 0.476 e. The van der Waals surface area contributed by atoms with Crippen LogP contribution in [0.1, 0.15) is 10.4 Å². The van der Waals surface area contributed by atoms with Crippen molar-refractivity contribution in [3.05, 3.63) is 84.4 Å². The predicted molar refractivity (Wildman–Crippen MR) is 114 cm³/mol. The van der Waals surface area contributed by atoms with Gasteiger partial charge in [0, 0.05) is 19.7 Å². The zero-order valence-corrected chi connectivity index (χ0v) is 16.8. The van der Waals surface area contributed by atoms with Crippen LogP contribution >= 0.6 is 0 Å². The molecule has 1 atom stereocenters. The topological polar surface area (TPSA) is 59.1 Å². The number of anilines is 1. The van der Waals surface area contributed by atoms with E-state index < -0.39 is 6.10 Å². The van der Waals surface area contributed by atoms with Crippen LogP contribution in [0, 0.1) is 0 Å². The van der Waals surface area contributed by atoms with Crippen molar-refractivity contribution in [3.8, 4) is 17.2 Å². The molecule has 1 aliphatic heterocycles. The lowest BCUT2D eigenvalue weighted by Gasteiger charge is -2.35. The quantitative estimate of drug-likeness (QED) is 0.663. The summed E-state index contributed by atoms with van der Waals surface area (Å²) >= 11 is 0. The van der Waals surface area contributed by atoms with Crippen molar-refractivity contribution in [2.75, 3.05) is 25.5 Å². The van der Waals surface area contributed by atoms with Gasteiger partial charge in [0.1, 0.15) is 17.2 Å². The highest BCUT2D eigenvalue weighted by Gasteiger charge is 2.35. The molecule has 6 nitrogen and oxygen atoms in total. The maximum Gasteiger partial charge on any atom is 0.265 e. The molecule has 6 heteroatoms. The lowest BCUT2D eigenvalue weighted by molar-refractivity contribution is -0.135. The normalized spacial score (nSPS) is 15.0. The lowest BCUT2D eigenvalue weighted by atomic mass is 10.1. The van der Waals surface area contributed by atoms with Crippen molar-refractivity contribution in [1.29, 1.82) is 0 Å². The van der Waals surface area contributed by atoms with Crippen molar-refractivity contribution in [3.63, 3.8) is 0 Å². The van der Waals surface area contributed by atoms with E-state index in [1.807, 2.05) is 48.5 Å². The highest BCUT2D eigenvalue weighted by atomic mass is 16.5. The number of amides is 2. The molecule has 30 heavy (non-hydrogen) atoms. The average molecular weight is 402 g/mol. The second-order valence-electron chi connectivity index (χ2n) is 7.17. The number of carbonyl (C=O) groups excluding carboxylic acids is 2. The Bertz CT molecular complexity index is 1070. The molecule has 0 N–H and O–H groups in total. The second kappa shape index (κ2) is 8.29. The number of nitrogens with zero attached hydrogens (tertiary/aromatic N) is 2. The van der Waals surface area contributed by atoms with Crippen molar-refractivity contribution in [2.24, 2.45) is 0 Å². The van der Waals surface area contributed by atoms with Gasteiger partial charge in [-0.3, -0.25) is 9.59 Å². The smallest absolute Gasteiger partial charge is 0.265 e. The summed E-state index contributed by atoms with van der Waals surface area (Å²) in [6, 6.07) is 23.6. The molecule has 0 radical (unpaired) electrons. The summed E-state index contributed by atoms with van der Waals surface area (Å²) in [4.78, 5) is 29.0. The molecule has 3 aromatic rings. The summed E-state index contributed by atoms with van der Waals surface area (Å²) in [5, 5.41) is 0. The number of benzene rings is 3. The lowest BCUT2D eigenvalue weighted by Crippen LogP contribution is -2.50. The van der Waals surface area contributed by atoms with Crippen molar-refractivity contribution in [1.82, 2.24) is 4.90 Å². The number of para-hydroxylation sites is 3. The van der Waals surface area contributed by atoms with Crippen LogP contribution in [0.15, 0.2) is 78.9 Å². The Kier molecular flexibility index (Phi) is 5.39. The van der Waals surface area contributed by atoms with E-state index in [-0.39, 0.29) is 18.4 Å². The molecule has 0 aliphatic carbocycles. The van der Waals surface area contributed by atoms with Crippen LogP contribution in [0.2, 0.25) is 0 Å². The Morgan fingerprint density at radius 1 is 0.933 bits per heavy atom. The summed E-state index contributed by atoms with van der Waals surface area (Å²) in [5.74, 6) is 1.35. The third-order valence-corrected chi connectivity index (χ3v) is 4.79. The fourth-order valence-corrected chi connectivity index (χ4v) is 3.32. The van der Waals surface area contributed by atoms with Gasteiger partial charge in [-0.25, -0.2) is 0 Å². The van der Waals surface area contributed by atoms with E-state index in [0.29, 0.717) is 28.5 Å². The Morgan fingerprint density at radius 2 is 1.63 bits per heavy atom. The van der Waals surface area contributed by atoms with E-state index in [1.54, 1.807) is 49.3 Å². The van der Waals surface area contributed by atoms with Gasteiger partial charge in [0.2, 0.25) is 0 Å². The minimum Gasteiger partial charge on any atom is -0.476 e. The fourth-order valence-electron chi connectivity index (χ4n) is 3.32. The van der Waals surface area contributed by atoms with Gasteiger partial charge in [0.25, 0.3) is 11.8 Å². The number of ether oxygens (including phenoxy) is 2. The third kappa shape index (κ3) is 3.98. The number of hydrogen-bond acceptors (Lipinski definition) is 4. The van der Waals surface area contributed by atoms with Gasteiger partial charge in [0.15, 0.2) is 6.10 Å². The van der Waals surface area contributed by atoms with E-state index in [1.165, 1.54) is 4.90 Å². The molecule has 0 saturated carbocycles. The zero-order valence-electron chi connectivity index (χ0n) is 16.8. The molecule has 1 aliphatic rings. The van der Waals surface area contributed by atoms with Gasteiger partial charge < -0.3 is 19.3 Å². The standard InChI is InChI=1S/C24H22N2O4/c1-25(2)24(28)22-16-26(20-13-6-7-14-21(20)30-22)23(27)17-9-8-12-19(15-17)29-18-10-4-3-5-11-18/h3-15,22H,16H2,1-2H3/t22-/m1/s1. The molecule has 3 aromatic carbocycles. The molecule has 152 valence electrons. The van der Waals surface area contributed by atoms with Crippen LogP contribution in [0.25, 0.3) is 0 Å². The third-order valence-electron chi connectivity index (χ3n) is 4.79. The van der Waals surface area contributed by atoms with Gasteiger partial charge in [-0.1, -0.05) is 36.4 Å². The van der Waals surface area contributed by atoms with Crippen LogP contribution in [0.4, 0.5) is 5.69 Å². The molecule has 0 saturated heterocycles. The van der Waals surface area contributed by atoms with Gasteiger partial charge in [0.05, 0.1) is 12.2 Å². The summed E-state index contributed by atoms with van der Waals surface area (Å²) < 4.78 is 11.7. The molecule has 0 aromatic heterocycles. The van der Waals surface area contributed by atoms with Gasteiger partial charge in [-0.2, -0.15) is 0 Å². The van der Waals surface area contributed by atoms with Crippen molar-refractivity contribution >= 4 is 17.5 Å². The Balaban J connectivity index is 1.63. The first-order valence-electron chi connectivity index (χ1n) is 9.64. The summed E-state index contributed by atoms with van der Waals surface area (Å²) in [6.45, 7) is 0.136. The maximum atomic E-state index is 13.4. The molecule has 0 spiro atoms. The van der Waals surface area contributed by atoms with Crippen LogP contribution in [0.3, 0.4) is 0 Å². The van der Waals surface area contributed by atoms with Crippen LogP contribution in [-0.2, 0) is 4.79 Å². The average Bonchev–Trinajstić information content (AvgIpc) is 2.78.